The lowest BCUT2D eigenvalue weighted by Crippen LogP contribution is -2.38. The van der Waals surface area contributed by atoms with Gasteiger partial charge in [-0.3, -0.25) is 9.59 Å². The van der Waals surface area contributed by atoms with Gasteiger partial charge in [0.2, 0.25) is 5.91 Å². The first kappa shape index (κ1) is 19.1. The average Bonchev–Trinajstić information content (AvgIpc) is 2.68. The molecule has 0 N–H and O–H groups in total. The number of hydrogen-bond acceptors (Lipinski definition) is 3. The molecule has 1 aliphatic rings. The van der Waals surface area contributed by atoms with Crippen LogP contribution in [0.15, 0.2) is 42.5 Å². The molecule has 0 aliphatic carbocycles. The maximum absolute atomic E-state index is 12.9. The first-order valence-corrected chi connectivity index (χ1v) is 9.24. The third-order valence-corrected chi connectivity index (χ3v) is 5.17. The third kappa shape index (κ3) is 4.35. The largest absolute Gasteiger partial charge is 0.497 e. The summed E-state index contributed by atoms with van der Waals surface area (Å²) in [7, 11) is 1.64. The van der Waals surface area contributed by atoms with Crippen LogP contribution in [0.3, 0.4) is 0 Å². The van der Waals surface area contributed by atoms with Crippen molar-refractivity contribution in [1.29, 1.82) is 0 Å². The van der Waals surface area contributed by atoms with Crippen LogP contribution in [0.5, 0.6) is 5.75 Å². The summed E-state index contributed by atoms with van der Waals surface area (Å²) in [5, 5.41) is 0. The van der Waals surface area contributed by atoms with Gasteiger partial charge in [0.05, 0.1) is 13.2 Å². The Morgan fingerprint density at radius 3 is 2.59 bits per heavy atom. The van der Waals surface area contributed by atoms with Crippen molar-refractivity contribution in [3.05, 3.63) is 65.0 Å². The molecule has 142 valence electrons. The summed E-state index contributed by atoms with van der Waals surface area (Å²) in [5.41, 5.74) is 2.85. The summed E-state index contributed by atoms with van der Waals surface area (Å²) in [4.78, 5) is 26.7. The minimum Gasteiger partial charge on any atom is -0.497 e. The fourth-order valence-corrected chi connectivity index (χ4v) is 3.58. The molecule has 0 saturated carbocycles. The number of carbonyl (C=O) groups excluding carboxylic acids is 2. The Hall–Kier alpha value is -2.69. The highest BCUT2D eigenvalue weighted by atomic mass is 19.1. The SMILES string of the molecule is COc1ccc2c(c1)C(C)N(C(=O)CCCC(=O)c1ccc(F)cc1)CC2. The summed E-state index contributed by atoms with van der Waals surface area (Å²) >= 11 is 0. The van der Waals surface area contributed by atoms with Crippen molar-refractivity contribution in [2.24, 2.45) is 0 Å². The minimum atomic E-state index is -0.363. The Labute approximate surface area is 158 Å². The van der Waals surface area contributed by atoms with Gasteiger partial charge < -0.3 is 9.64 Å². The fraction of sp³-hybridized carbons (Fsp3) is 0.364. The van der Waals surface area contributed by atoms with Crippen molar-refractivity contribution in [3.63, 3.8) is 0 Å². The molecule has 27 heavy (non-hydrogen) atoms. The molecule has 0 fully saturated rings. The highest BCUT2D eigenvalue weighted by molar-refractivity contribution is 5.96. The molecule has 5 heteroatoms. The molecule has 2 aromatic rings. The number of fused-ring (bicyclic) bond motifs is 1. The van der Waals surface area contributed by atoms with E-state index in [1.807, 2.05) is 24.0 Å². The van der Waals surface area contributed by atoms with Crippen LogP contribution in [-0.2, 0) is 11.2 Å². The third-order valence-electron chi connectivity index (χ3n) is 5.17. The highest BCUT2D eigenvalue weighted by Crippen LogP contribution is 2.32. The smallest absolute Gasteiger partial charge is 0.223 e. The van der Waals surface area contributed by atoms with Crippen LogP contribution in [0, 0.1) is 5.82 Å². The Morgan fingerprint density at radius 2 is 1.89 bits per heavy atom. The first-order chi connectivity index (χ1) is 13.0. The summed E-state index contributed by atoms with van der Waals surface area (Å²) in [6, 6.07) is 11.5. The average molecular weight is 369 g/mol. The molecule has 0 saturated heterocycles. The van der Waals surface area contributed by atoms with Gasteiger partial charge in [0, 0.05) is 24.9 Å². The van der Waals surface area contributed by atoms with Gasteiger partial charge in [-0.05, 0) is 67.3 Å². The van der Waals surface area contributed by atoms with Crippen LogP contribution >= 0.6 is 0 Å². The van der Waals surface area contributed by atoms with Gasteiger partial charge in [0.1, 0.15) is 11.6 Å². The van der Waals surface area contributed by atoms with E-state index in [2.05, 4.69) is 6.07 Å². The summed E-state index contributed by atoms with van der Waals surface area (Å²) < 4.78 is 18.2. The molecule has 1 atom stereocenters. The molecule has 1 aliphatic heterocycles. The number of rotatable bonds is 6. The van der Waals surface area contributed by atoms with Crippen LogP contribution in [-0.4, -0.2) is 30.2 Å². The van der Waals surface area contributed by atoms with Crippen molar-refractivity contribution in [1.82, 2.24) is 4.90 Å². The lowest BCUT2D eigenvalue weighted by atomic mass is 9.93. The van der Waals surface area contributed by atoms with Gasteiger partial charge >= 0.3 is 0 Å². The molecule has 0 bridgehead atoms. The summed E-state index contributed by atoms with van der Waals surface area (Å²) in [5.74, 6) is 0.421. The number of carbonyl (C=O) groups is 2. The molecule has 4 nitrogen and oxygen atoms in total. The second-order valence-corrected chi connectivity index (χ2v) is 6.86. The summed E-state index contributed by atoms with van der Waals surface area (Å²) in [6.45, 7) is 2.71. The van der Waals surface area contributed by atoms with E-state index in [9.17, 15) is 14.0 Å². The van der Waals surface area contributed by atoms with Gasteiger partial charge in [0.15, 0.2) is 5.78 Å². The van der Waals surface area contributed by atoms with E-state index in [4.69, 9.17) is 4.74 Å². The Bertz CT molecular complexity index is 832. The molecule has 1 unspecified atom stereocenters. The molecule has 1 amide bonds. The van der Waals surface area contributed by atoms with Gasteiger partial charge in [-0.2, -0.15) is 0 Å². The van der Waals surface area contributed by atoms with E-state index in [1.54, 1.807) is 7.11 Å². The van der Waals surface area contributed by atoms with Crippen molar-refractivity contribution in [3.8, 4) is 5.75 Å². The van der Waals surface area contributed by atoms with Crippen LogP contribution in [0.2, 0.25) is 0 Å². The van der Waals surface area contributed by atoms with Gasteiger partial charge in [0.25, 0.3) is 0 Å². The molecule has 0 spiro atoms. The maximum atomic E-state index is 12.9. The number of hydrogen-bond donors (Lipinski definition) is 0. The monoisotopic (exact) mass is 369 g/mol. The quantitative estimate of drug-likeness (QED) is 0.712. The number of halogens is 1. The number of ether oxygens (including phenoxy) is 1. The Kier molecular flexibility index (Phi) is 5.89. The predicted octanol–water partition coefficient (Wildman–Crippen LogP) is 4.33. The number of amides is 1. The standard InChI is InChI=1S/C22H24FNO3/c1-15-20-14-19(27-2)11-8-16(20)12-13-24(15)22(26)5-3-4-21(25)17-6-9-18(23)10-7-17/h6-11,14-15H,3-5,12-13H2,1-2H3. The van der Waals surface area contributed by atoms with Gasteiger partial charge in [-0.15, -0.1) is 0 Å². The van der Waals surface area contributed by atoms with E-state index in [-0.39, 0.29) is 30.0 Å². The number of ketones is 1. The first-order valence-electron chi connectivity index (χ1n) is 9.24. The lowest BCUT2D eigenvalue weighted by Gasteiger charge is -2.35. The zero-order chi connectivity index (χ0) is 19.4. The Morgan fingerprint density at radius 1 is 1.15 bits per heavy atom. The van der Waals surface area contributed by atoms with Crippen LogP contribution in [0.25, 0.3) is 0 Å². The summed E-state index contributed by atoms with van der Waals surface area (Å²) in [6.07, 6.45) is 1.92. The van der Waals surface area contributed by atoms with E-state index in [1.165, 1.54) is 29.8 Å². The van der Waals surface area contributed by atoms with Gasteiger partial charge in [-0.25, -0.2) is 4.39 Å². The van der Waals surface area contributed by atoms with Crippen molar-refractivity contribution >= 4 is 11.7 Å². The molecular formula is C22H24FNO3. The van der Waals surface area contributed by atoms with Crippen molar-refractivity contribution < 1.29 is 18.7 Å². The van der Waals surface area contributed by atoms with Crippen molar-refractivity contribution in [2.45, 2.75) is 38.6 Å². The molecule has 2 aromatic carbocycles. The zero-order valence-electron chi connectivity index (χ0n) is 15.7. The zero-order valence-corrected chi connectivity index (χ0v) is 15.7. The van der Waals surface area contributed by atoms with E-state index in [0.29, 0.717) is 24.9 Å². The molecule has 0 aromatic heterocycles. The highest BCUT2D eigenvalue weighted by Gasteiger charge is 2.27. The minimum absolute atomic E-state index is 0.0100. The van der Waals surface area contributed by atoms with E-state index in [0.717, 1.165) is 17.7 Å². The number of nitrogens with zero attached hydrogens (tertiary/aromatic N) is 1. The van der Waals surface area contributed by atoms with E-state index < -0.39 is 0 Å². The maximum Gasteiger partial charge on any atom is 0.223 e. The van der Waals surface area contributed by atoms with Gasteiger partial charge in [-0.1, -0.05) is 6.07 Å². The Balaban J connectivity index is 1.56. The molecule has 3 rings (SSSR count). The number of benzene rings is 2. The van der Waals surface area contributed by atoms with Crippen LogP contribution < -0.4 is 4.74 Å². The topological polar surface area (TPSA) is 46.6 Å². The van der Waals surface area contributed by atoms with Crippen molar-refractivity contribution in [2.75, 3.05) is 13.7 Å². The predicted molar refractivity (Wildman–Crippen MR) is 101 cm³/mol. The van der Waals surface area contributed by atoms with E-state index >= 15 is 0 Å². The van der Waals surface area contributed by atoms with Crippen LogP contribution in [0.1, 0.15) is 53.7 Å². The molecule has 0 radical (unpaired) electrons. The number of methoxy groups -OCH3 is 1. The second-order valence-electron chi connectivity index (χ2n) is 6.86. The fourth-order valence-electron chi connectivity index (χ4n) is 3.58. The second kappa shape index (κ2) is 8.33. The number of Topliss-reactive ketones (excluding diaryl/α,β-unsaturated/α-hetero) is 1. The molecule has 1 heterocycles. The lowest BCUT2D eigenvalue weighted by molar-refractivity contribution is -0.133. The normalized spacial score (nSPS) is 16.0. The molecular weight excluding hydrogens is 345 g/mol. The van der Waals surface area contributed by atoms with Crippen LogP contribution in [0.4, 0.5) is 4.39 Å².